The number of para-hydroxylation sites is 1. The molecular formula is C14H20Cl2N2O2. The van der Waals surface area contributed by atoms with Crippen molar-refractivity contribution < 1.29 is 9.53 Å². The van der Waals surface area contributed by atoms with E-state index >= 15 is 0 Å². The van der Waals surface area contributed by atoms with Gasteiger partial charge in [-0.15, -0.1) is 0 Å². The number of nitrogens with zero attached hydrogens (tertiary/aromatic N) is 1. The van der Waals surface area contributed by atoms with Crippen LogP contribution in [0.1, 0.15) is 12.8 Å². The molecule has 1 aromatic rings. The van der Waals surface area contributed by atoms with Gasteiger partial charge >= 0.3 is 0 Å². The average molecular weight is 319 g/mol. The molecule has 0 fully saturated rings. The number of methoxy groups -OCH3 is 1. The maximum atomic E-state index is 11.9. The predicted octanol–water partition coefficient (Wildman–Crippen LogP) is 3.29. The fourth-order valence-electron chi connectivity index (χ4n) is 1.70. The fourth-order valence-corrected chi connectivity index (χ4v) is 2.19. The summed E-state index contributed by atoms with van der Waals surface area (Å²) in [5.74, 6) is -0.0985. The quantitative estimate of drug-likeness (QED) is 0.748. The van der Waals surface area contributed by atoms with Crippen LogP contribution in [0.4, 0.5) is 5.69 Å². The molecule has 0 unspecified atom stereocenters. The third-order valence-corrected chi connectivity index (χ3v) is 3.47. The van der Waals surface area contributed by atoms with Gasteiger partial charge in [0.25, 0.3) is 0 Å². The summed E-state index contributed by atoms with van der Waals surface area (Å²) in [5.41, 5.74) is 0.475. The summed E-state index contributed by atoms with van der Waals surface area (Å²) in [6.45, 7) is 2.30. The van der Waals surface area contributed by atoms with E-state index in [0.717, 1.165) is 19.6 Å². The topological polar surface area (TPSA) is 41.6 Å². The number of hydrogen-bond donors (Lipinski definition) is 1. The molecule has 1 aromatic carbocycles. The molecule has 0 atom stereocenters. The Morgan fingerprint density at radius 2 is 1.95 bits per heavy atom. The van der Waals surface area contributed by atoms with Gasteiger partial charge in [-0.1, -0.05) is 29.3 Å². The minimum absolute atomic E-state index is 0.0985. The second kappa shape index (κ2) is 9.19. The van der Waals surface area contributed by atoms with Crippen LogP contribution in [0.5, 0.6) is 0 Å². The van der Waals surface area contributed by atoms with Crippen molar-refractivity contribution in [3.63, 3.8) is 0 Å². The zero-order valence-corrected chi connectivity index (χ0v) is 13.3. The molecule has 0 aliphatic carbocycles. The van der Waals surface area contributed by atoms with E-state index in [1.54, 1.807) is 25.3 Å². The Balaban J connectivity index is 2.37. The molecule has 1 amide bonds. The summed E-state index contributed by atoms with van der Waals surface area (Å²) in [5, 5.41) is 3.63. The lowest BCUT2D eigenvalue weighted by Gasteiger charge is -2.16. The normalized spacial score (nSPS) is 10.8. The molecule has 0 bridgehead atoms. The first-order valence-electron chi connectivity index (χ1n) is 6.46. The first-order valence-corrected chi connectivity index (χ1v) is 7.21. The highest BCUT2D eigenvalue weighted by atomic mass is 35.5. The monoisotopic (exact) mass is 318 g/mol. The zero-order chi connectivity index (χ0) is 15.0. The SMILES string of the molecule is COCCCN(C)CCC(=O)Nc1c(Cl)cccc1Cl. The van der Waals surface area contributed by atoms with Crippen LogP contribution in [0, 0.1) is 0 Å². The minimum Gasteiger partial charge on any atom is -0.385 e. The van der Waals surface area contributed by atoms with Gasteiger partial charge in [-0.05, 0) is 25.6 Å². The molecule has 112 valence electrons. The first-order chi connectivity index (χ1) is 9.54. The molecule has 0 aromatic heterocycles. The Bertz CT molecular complexity index is 421. The van der Waals surface area contributed by atoms with E-state index in [9.17, 15) is 4.79 Å². The van der Waals surface area contributed by atoms with Gasteiger partial charge in [0.1, 0.15) is 0 Å². The van der Waals surface area contributed by atoms with Gasteiger partial charge in [-0.3, -0.25) is 4.79 Å². The van der Waals surface area contributed by atoms with Crippen LogP contribution >= 0.6 is 23.2 Å². The van der Waals surface area contributed by atoms with Gasteiger partial charge in [0.15, 0.2) is 0 Å². The summed E-state index contributed by atoms with van der Waals surface area (Å²) in [6.07, 6.45) is 1.34. The van der Waals surface area contributed by atoms with E-state index in [0.29, 0.717) is 28.7 Å². The van der Waals surface area contributed by atoms with Crippen LogP contribution in [-0.2, 0) is 9.53 Å². The number of rotatable bonds is 8. The standard InChI is InChI=1S/C14H20Cl2N2O2/c1-18(8-4-10-20-2)9-7-13(19)17-14-11(15)5-3-6-12(14)16/h3,5-6H,4,7-10H2,1-2H3,(H,17,19). The van der Waals surface area contributed by atoms with Crippen LogP contribution in [0.3, 0.4) is 0 Å². The fraction of sp³-hybridized carbons (Fsp3) is 0.500. The second-order valence-electron chi connectivity index (χ2n) is 4.54. The Hall–Kier alpha value is -0.810. The van der Waals surface area contributed by atoms with Gasteiger partial charge in [0.05, 0.1) is 15.7 Å². The van der Waals surface area contributed by atoms with E-state index in [1.165, 1.54) is 0 Å². The molecular weight excluding hydrogens is 299 g/mol. The largest absolute Gasteiger partial charge is 0.385 e. The number of ether oxygens (including phenoxy) is 1. The zero-order valence-electron chi connectivity index (χ0n) is 11.8. The van der Waals surface area contributed by atoms with Crippen LogP contribution < -0.4 is 5.32 Å². The molecule has 1 rings (SSSR count). The van der Waals surface area contributed by atoms with Crippen molar-refractivity contribution in [2.24, 2.45) is 0 Å². The van der Waals surface area contributed by atoms with E-state index in [4.69, 9.17) is 27.9 Å². The number of halogens is 2. The maximum absolute atomic E-state index is 11.9. The third-order valence-electron chi connectivity index (χ3n) is 2.84. The molecule has 6 heteroatoms. The van der Waals surface area contributed by atoms with Crippen LogP contribution in [-0.4, -0.2) is 44.7 Å². The van der Waals surface area contributed by atoms with Crippen molar-refractivity contribution in [2.45, 2.75) is 12.8 Å². The smallest absolute Gasteiger partial charge is 0.225 e. The number of amides is 1. The maximum Gasteiger partial charge on any atom is 0.225 e. The van der Waals surface area contributed by atoms with Gasteiger partial charge in [0.2, 0.25) is 5.91 Å². The number of hydrogen-bond acceptors (Lipinski definition) is 3. The Morgan fingerprint density at radius 3 is 2.55 bits per heavy atom. The first kappa shape index (κ1) is 17.2. The van der Waals surface area contributed by atoms with E-state index in [1.807, 2.05) is 7.05 Å². The third kappa shape index (κ3) is 6.09. The molecule has 0 spiro atoms. The number of carbonyl (C=O) groups is 1. The van der Waals surface area contributed by atoms with Crippen molar-refractivity contribution in [2.75, 3.05) is 39.2 Å². The summed E-state index contributed by atoms with van der Waals surface area (Å²) in [6, 6.07) is 5.13. The van der Waals surface area contributed by atoms with Gasteiger partial charge in [-0.2, -0.15) is 0 Å². The second-order valence-corrected chi connectivity index (χ2v) is 5.36. The molecule has 1 N–H and O–H groups in total. The molecule has 0 aliphatic heterocycles. The van der Waals surface area contributed by atoms with E-state index < -0.39 is 0 Å². The Morgan fingerprint density at radius 1 is 1.30 bits per heavy atom. The van der Waals surface area contributed by atoms with Crippen molar-refractivity contribution in [3.05, 3.63) is 28.2 Å². The Kier molecular flexibility index (Phi) is 7.92. The highest BCUT2D eigenvalue weighted by Gasteiger charge is 2.10. The number of benzene rings is 1. The van der Waals surface area contributed by atoms with Crippen molar-refractivity contribution in [1.29, 1.82) is 0 Å². The van der Waals surface area contributed by atoms with Crippen molar-refractivity contribution in [3.8, 4) is 0 Å². The van der Waals surface area contributed by atoms with Crippen molar-refractivity contribution >= 4 is 34.8 Å². The summed E-state index contributed by atoms with van der Waals surface area (Å²) < 4.78 is 4.99. The summed E-state index contributed by atoms with van der Waals surface area (Å²) in [7, 11) is 3.66. The molecule has 0 saturated heterocycles. The van der Waals surface area contributed by atoms with Crippen LogP contribution in [0.15, 0.2) is 18.2 Å². The summed E-state index contributed by atoms with van der Waals surface area (Å²) in [4.78, 5) is 14.0. The molecule has 0 heterocycles. The lowest BCUT2D eigenvalue weighted by atomic mass is 10.3. The highest BCUT2D eigenvalue weighted by molar-refractivity contribution is 6.39. The predicted molar refractivity (Wildman–Crippen MR) is 83.7 cm³/mol. The lowest BCUT2D eigenvalue weighted by molar-refractivity contribution is -0.116. The molecule has 4 nitrogen and oxygen atoms in total. The number of carbonyl (C=O) groups excluding carboxylic acids is 1. The molecule has 0 saturated carbocycles. The highest BCUT2D eigenvalue weighted by Crippen LogP contribution is 2.29. The van der Waals surface area contributed by atoms with Gasteiger partial charge in [0, 0.05) is 33.2 Å². The minimum atomic E-state index is -0.0985. The Labute approximate surface area is 130 Å². The van der Waals surface area contributed by atoms with Gasteiger partial charge in [-0.25, -0.2) is 0 Å². The average Bonchev–Trinajstić information content (AvgIpc) is 2.41. The van der Waals surface area contributed by atoms with Crippen LogP contribution in [0.2, 0.25) is 10.0 Å². The molecule has 0 radical (unpaired) electrons. The van der Waals surface area contributed by atoms with Gasteiger partial charge < -0.3 is 15.0 Å². The van der Waals surface area contributed by atoms with E-state index in [-0.39, 0.29) is 5.91 Å². The van der Waals surface area contributed by atoms with Crippen LogP contribution in [0.25, 0.3) is 0 Å². The van der Waals surface area contributed by atoms with Crippen molar-refractivity contribution in [1.82, 2.24) is 4.90 Å². The van der Waals surface area contributed by atoms with E-state index in [2.05, 4.69) is 10.2 Å². The lowest BCUT2D eigenvalue weighted by Crippen LogP contribution is -2.26. The number of anilines is 1. The molecule has 0 aliphatic rings. The molecule has 20 heavy (non-hydrogen) atoms. The number of nitrogens with one attached hydrogen (secondary N) is 1. The summed E-state index contributed by atoms with van der Waals surface area (Å²) >= 11 is 12.0.